The molecule has 0 aliphatic carbocycles. The van der Waals surface area contributed by atoms with E-state index in [0.717, 1.165) is 22.3 Å². The molecule has 29 heavy (non-hydrogen) atoms. The highest BCUT2D eigenvalue weighted by atomic mass is 32.2. The minimum absolute atomic E-state index is 0.0411. The number of ether oxygens (including phenoxy) is 1. The second kappa shape index (κ2) is 8.93. The fraction of sp³-hybridized carbons (Fsp3) is 0.348. The van der Waals surface area contributed by atoms with E-state index in [2.05, 4.69) is 18.8 Å². The number of ketones is 1. The van der Waals surface area contributed by atoms with Gasteiger partial charge in [-0.05, 0) is 68.1 Å². The average Bonchev–Trinajstić information content (AvgIpc) is 2.72. The van der Waals surface area contributed by atoms with Crippen LogP contribution < -0.4 is 5.56 Å². The Bertz CT molecular complexity index is 1140. The maximum absolute atomic E-state index is 13.0. The molecule has 0 amide bonds. The van der Waals surface area contributed by atoms with Crippen molar-refractivity contribution in [2.45, 2.75) is 39.4 Å². The number of fused-ring (bicyclic) bond motifs is 1. The Morgan fingerprint density at radius 1 is 1.10 bits per heavy atom. The van der Waals surface area contributed by atoms with Crippen molar-refractivity contribution in [3.8, 4) is 0 Å². The first-order valence-electron chi connectivity index (χ1n) is 9.57. The molecule has 0 aliphatic heterocycles. The number of methoxy groups -OCH3 is 1. The summed E-state index contributed by atoms with van der Waals surface area (Å²) >= 11 is 1.30. The Labute approximate surface area is 175 Å². The number of aromatic nitrogens is 2. The fourth-order valence-corrected chi connectivity index (χ4v) is 4.26. The van der Waals surface area contributed by atoms with Crippen molar-refractivity contribution in [1.82, 2.24) is 9.55 Å². The zero-order valence-corrected chi connectivity index (χ0v) is 18.4. The number of carbonyl (C=O) groups is 1. The van der Waals surface area contributed by atoms with E-state index in [9.17, 15) is 9.59 Å². The van der Waals surface area contributed by atoms with Gasteiger partial charge < -0.3 is 4.74 Å². The first-order chi connectivity index (χ1) is 13.8. The molecule has 0 spiro atoms. The molecule has 0 radical (unpaired) electrons. The van der Waals surface area contributed by atoms with Gasteiger partial charge in [-0.3, -0.25) is 14.2 Å². The smallest absolute Gasteiger partial charge is 0.262 e. The molecule has 6 heteroatoms. The lowest BCUT2D eigenvalue weighted by Gasteiger charge is -2.15. The predicted octanol–water partition coefficient (Wildman–Crippen LogP) is 4.25. The van der Waals surface area contributed by atoms with Gasteiger partial charge in [-0.15, -0.1) is 0 Å². The summed E-state index contributed by atoms with van der Waals surface area (Å²) in [7, 11) is 1.60. The van der Waals surface area contributed by atoms with Gasteiger partial charge in [0.1, 0.15) is 0 Å². The van der Waals surface area contributed by atoms with Gasteiger partial charge in [-0.2, -0.15) is 0 Å². The van der Waals surface area contributed by atoms with Crippen molar-refractivity contribution in [2.24, 2.45) is 0 Å². The molecule has 1 heterocycles. The van der Waals surface area contributed by atoms with Crippen LogP contribution in [0.25, 0.3) is 10.9 Å². The number of thioether (sulfide) groups is 1. The van der Waals surface area contributed by atoms with Gasteiger partial charge >= 0.3 is 0 Å². The van der Waals surface area contributed by atoms with E-state index in [1.54, 1.807) is 17.7 Å². The third kappa shape index (κ3) is 4.28. The second-order valence-corrected chi connectivity index (χ2v) is 8.13. The molecular formula is C23H26N2O3S. The number of hydrogen-bond acceptors (Lipinski definition) is 5. The Morgan fingerprint density at radius 3 is 2.55 bits per heavy atom. The van der Waals surface area contributed by atoms with Crippen molar-refractivity contribution in [1.29, 1.82) is 0 Å². The van der Waals surface area contributed by atoms with Gasteiger partial charge in [0.2, 0.25) is 0 Å². The highest BCUT2D eigenvalue weighted by molar-refractivity contribution is 7.99. The van der Waals surface area contributed by atoms with Gasteiger partial charge in [0.25, 0.3) is 5.56 Å². The average molecular weight is 411 g/mol. The van der Waals surface area contributed by atoms with Crippen LogP contribution in [0.1, 0.15) is 32.6 Å². The van der Waals surface area contributed by atoms with Crippen molar-refractivity contribution >= 4 is 28.4 Å². The molecule has 0 bridgehead atoms. The first kappa shape index (κ1) is 21.3. The molecule has 1 aromatic heterocycles. The third-order valence-corrected chi connectivity index (χ3v) is 6.44. The quantitative estimate of drug-likeness (QED) is 0.331. The molecule has 3 rings (SSSR count). The van der Waals surface area contributed by atoms with Crippen molar-refractivity contribution in [2.75, 3.05) is 19.5 Å². The van der Waals surface area contributed by atoms with Crippen molar-refractivity contribution in [3.63, 3.8) is 0 Å². The fourth-order valence-electron chi connectivity index (χ4n) is 3.35. The highest BCUT2D eigenvalue weighted by Gasteiger charge is 2.17. The molecule has 0 atom stereocenters. The number of benzene rings is 2. The largest absolute Gasteiger partial charge is 0.383 e. The SMILES string of the molecule is COCCn1c(SCC(=O)c2cc(C)c(C)c(C)c2C)nc2ccccc2c1=O. The van der Waals surface area contributed by atoms with Crippen LogP contribution >= 0.6 is 11.8 Å². The monoisotopic (exact) mass is 410 g/mol. The number of hydrogen-bond donors (Lipinski definition) is 0. The van der Waals surface area contributed by atoms with Crippen LogP contribution in [-0.2, 0) is 11.3 Å². The Hall–Kier alpha value is -2.44. The molecule has 5 nitrogen and oxygen atoms in total. The first-order valence-corrected chi connectivity index (χ1v) is 10.6. The topological polar surface area (TPSA) is 61.2 Å². The molecule has 2 aromatic carbocycles. The summed E-state index contributed by atoms with van der Waals surface area (Å²) in [6.45, 7) is 8.94. The van der Waals surface area contributed by atoms with E-state index in [1.807, 2.05) is 38.1 Å². The number of Topliss-reactive ketones (excluding diaryl/α,β-unsaturated/α-hetero) is 1. The summed E-state index contributed by atoms with van der Waals surface area (Å²) in [5.74, 6) is 0.264. The highest BCUT2D eigenvalue weighted by Crippen LogP contribution is 2.24. The lowest BCUT2D eigenvalue weighted by atomic mass is 9.93. The van der Waals surface area contributed by atoms with Crippen LogP contribution in [0.5, 0.6) is 0 Å². The van der Waals surface area contributed by atoms with Crippen LogP contribution in [0, 0.1) is 27.7 Å². The van der Waals surface area contributed by atoms with Crippen molar-refractivity contribution < 1.29 is 9.53 Å². The number of rotatable bonds is 7. The number of para-hydroxylation sites is 1. The maximum atomic E-state index is 13.0. The van der Waals surface area contributed by atoms with E-state index in [0.29, 0.717) is 29.2 Å². The minimum atomic E-state index is -0.110. The van der Waals surface area contributed by atoms with Crippen molar-refractivity contribution in [3.05, 3.63) is 68.5 Å². The van der Waals surface area contributed by atoms with E-state index in [-0.39, 0.29) is 17.1 Å². The summed E-state index contributed by atoms with van der Waals surface area (Å²) in [6, 6.07) is 9.24. The summed E-state index contributed by atoms with van der Waals surface area (Å²) < 4.78 is 6.75. The summed E-state index contributed by atoms with van der Waals surface area (Å²) in [5.41, 5.74) is 5.77. The van der Waals surface area contributed by atoms with Gasteiger partial charge in [-0.1, -0.05) is 23.9 Å². The lowest BCUT2D eigenvalue weighted by Crippen LogP contribution is -2.25. The number of aryl methyl sites for hydroxylation is 1. The molecule has 0 fully saturated rings. The van der Waals surface area contributed by atoms with E-state index >= 15 is 0 Å². The maximum Gasteiger partial charge on any atom is 0.262 e. The van der Waals surface area contributed by atoms with Crippen LogP contribution in [0.2, 0.25) is 0 Å². The third-order valence-electron chi connectivity index (χ3n) is 5.46. The zero-order chi connectivity index (χ0) is 21.1. The summed E-state index contributed by atoms with van der Waals surface area (Å²) in [4.78, 5) is 30.5. The Kier molecular flexibility index (Phi) is 6.55. The van der Waals surface area contributed by atoms with E-state index < -0.39 is 0 Å². The molecule has 152 valence electrons. The van der Waals surface area contributed by atoms with E-state index in [4.69, 9.17) is 4.74 Å². The zero-order valence-electron chi connectivity index (χ0n) is 17.5. The van der Waals surface area contributed by atoms with Crippen LogP contribution in [0.4, 0.5) is 0 Å². The number of nitrogens with zero attached hydrogens (tertiary/aromatic N) is 2. The Morgan fingerprint density at radius 2 is 1.83 bits per heavy atom. The Balaban J connectivity index is 1.94. The molecule has 0 aliphatic rings. The minimum Gasteiger partial charge on any atom is -0.383 e. The molecule has 3 aromatic rings. The summed E-state index contributed by atoms with van der Waals surface area (Å²) in [5, 5.41) is 1.11. The molecule has 0 saturated carbocycles. The van der Waals surface area contributed by atoms with E-state index in [1.165, 1.54) is 17.3 Å². The summed E-state index contributed by atoms with van der Waals surface area (Å²) in [6.07, 6.45) is 0. The van der Waals surface area contributed by atoms with Gasteiger partial charge in [0.15, 0.2) is 10.9 Å². The molecular weight excluding hydrogens is 384 g/mol. The predicted molar refractivity (Wildman–Crippen MR) is 118 cm³/mol. The van der Waals surface area contributed by atoms with Gasteiger partial charge in [0.05, 0.1) is 29.8 Å². The normalized spacial score (nSPS) is 11.2. The van der Waals surface area contributed by atoms with Crippen LogP contribution in [0.15, 0.2) is 40.3 Å². The number of carbonyl (C=O) groups excluding carboxylic acids is 1. The van der Waals surface area contributed by atoms with Gasteiger partial charge in [0, 0.05) is 12.7 Å². The molecule has 0 unspecified atom stereocenters. The molecule has 0 saturated heterocycles. The lowest BCUT2D eigenvalue weighted by molar-refractivity contribution is 0.102. The van der Waals surface area contributed by atoms with Gasteiger partial charge in [-0.25, -0.2) is 4.98 Å². The second-order valence-electron chi connectivity index (χ2n) is 7.19. The van der Waals surface area contributed by atoms with Crippen LogP contribution in [0.3, 0.4) is 0 Å². The van der Waals surface area contributed by atoms with Crippen LogP contribution in [-0.4, -0.2) is 34.8 Å². The standard InChI is InChI=1S/C23H26N2O3S/c1-14-12-19(17(4)16(3)15(14)2)21(26)13-29-23-24-20-9-7-6-8-18(20)22(27)25(23)10-11-28-5/h6-9,12H,10-11,13H2,1-5H3. The molecule has 0 N–H and O–H groups in total.